The van der Waals surface area contributed by atoms with Gasteiger partial charge < -0.3 is 0 Å². The van der Waals surface area contributed by atoms with Crippen LogP contribution in [0.4, 0.5) is 0 Å². The molecule has 0 bridgehead atoms. The van der Waals surface area contributed by atoms with E-state index in [9.17, 15) is 0 Å². The first kappa shape index (κ1) is 12.4. The molecular formula is C16H18Se. The summed E-state index contributed by atoms with van der Waals surface area (Å²) in [5.41, 5.74) is 5.80. The molecule has 0 atom stereocenters. The van der Waals surface area contributed by atoms with Crippen LogP contribution < -0.4 is 4.46 Å². The summed E-state index contributed by atoms with van der Waals surface area (Å²) in [6.07, 6.45) is 0. The van der Waals surface area contributed by atoms with E-state index in [1.54, 1.807) is 5.56 Å². The van der Waals surface area contributed by atoms with Crippen LogP contribution in [-0.4, -0.2) is 15.0 Å². The van der Waals surface area contributed by atoms with Crippen molar-refractivity contribution in [2.45, 2.75) is 26.1 Å². The summed E-state index contributed by atoms with van der Waals surface area (Å²) in [6, 6.07) is 15.4. The quantitative estimate of drug-likeness (QED) is 0.762. The van der Waals surface area contributed by atoms with E-state index in [1.807, 2.05) is 0 Å². The Morgan fingerprint density at radius 1 is 0.882 bits per heavy atom. The first-order chi connectivity index (χ1) is 8.16. The second-order valence-corrected chi connectivity index (χ2v) is 6.68. The molecular weight excluding hydrogens is 271 g/mol. The molecule has 2 aromatic carbocycles. The zero-order valence-corrected chi connectivity index (χ0v) is 12.4. The Hall–Kier alpha value is -1.04. The average molecular weight is 289 g/mol. The Bertz CT molecular complexity index is 477. The molecule has 17 heavy (non-hydrogen) atoms. The van der Waals surface area contributed by atoms with Gasteiger partial charge in [-0.3, -0.25) is 0 Å². The molecule has 0 unspecified atom stereocenters. The fraction of sp³-hybridized carbons (Fsp3) is 0.250. The molecule has 0 aliphatic rings. The monoisotopic (exact) mass is 290 g/mol. The second kappa shape index (κ2) is 5.53. The molecule has 0 N–H and O–H groups in total. The van der Waals surface area contributed by atoms with Crippen molar-refractivity contribution in [3.05, 3.63) is 64.7 Å². The minimum atomic E-state index is 0.548. The summed E-state index contributed by atoms with van der Waals surface area (Å²) < 4.78 is 1.49. The van der Waals surface area contributed by atoms with Crippen LogP contribution in [0.1, 0.15) is 22.3 Å². The van der Waals surface area contributed by atoms with Crippen LogP contribution in [0, 0.1) is 20.8 Å². The van der Waals surface area contributed by atoms with Crippen LogP contribution in [0.3, 0.4) is 0 Å². The number of hydrogen-bond acceptors (Lipinski definition) is 0. The van der Waals surface area contributed by atoms with Gasteiger partial charge >= 0.3 is 110 Å². The summed E-state index contributed by atoms with van der Waals surface area (Å²) in [6.45, 7) is 6.64. The first-order valence-electron chi connectivity index (χ1n) is 5.91. The Morgan fingerprint density at radius 2 is 1.47 bits per heavy atom. The molecule has 0 saturated carbocycles. The van der Waals surface area contributed by atoms with Gasteiger partial charge in [-0.05, 0) is 0 Å². The van der Waals surface area contributed by atoms with Crippen LogP contribution >= 0.6 is 0 Å². The molecule has 0 radical (unpaired) electrons. The fourth-order valence-electron chi connectivity index (χ4n) is 2.11. The van der Waals surface area contributed by atoms with Crippen molar-refractivity contribution in [2.24, 2.45) is 0 Å². The van der Waals surface area contributed by atoms with Crippen LogP contribution in [0.25, 0.3) is 0 Å². The summed E-state index contributed by atoms with van der Waals surface area (Å²) in [5, 5.41) is 1.20. The third kappa shape index (κ3) is 3.21. The number of benzene rings is 2. The van der Waals surface area contributed by atoms with Gasteiger partial charge in [0.2, 0.25) is 0 Å². The van der Waals surface area contributed by atoms with E-state index >= 15 is 0 Å². The molecule has 0 fully saturated rings. The van der Waals surface area contributed by atoms with E-state index in [0.29, 0.717) is 15.0 Å². The van der Waals surface area contributed by atoms with E-state index in [1.165, 1.54) is 26.5 Å². The SMILES string of the molecule is Cc1cc(C)c(C[Se]c2ccccc2)c(C)c1. The number of aryl methyl sites for hydroxylation is 3. The zero-order chi connectivity index (χ0) is 12.3. The third-order valence-electron chi connectivity index (χ3n) is 2.97. The Morgan fingerprint density at radius 3 is 2.06 bits per heavy atom. The summed E-state index contributed by atoms with van der Waals surface area (Å²) >= 11 is 0.548. The maximum atomic E-state index is 2.30. The van der Waals surface area contributed by atoms with Crippen molar-refractivity contribution >= 4 is 19.4 Å². The van der Waals surface area contributed by atoms with Crippen molar-refractivity contribution in [1.29, 1.82) is 0 Å². The Balaban J connectivity index is 2.15. The normalized spacial score (nSPS) is 10.5. The van der Waals surface area contributed by atoms with E-state index < -0.39 is 0 Å². The summed E-state index contributed by atoms with van der Waals surface area (Å²) in [5.74, 6) is 0. The van der Waals surface area contributed by atoms with Crippen molar-refractivity contribution in [1.82, 2.24) is 0 Å². The number of hydrogen-bond donors (Lipinski definition) is 0. The van der Waals surface area contributed by atoms with Crippen molar-refractivity contribution < 1.29 is 0 Å². The molecule has 0 spiro atoms. The van der Waals surface area contributed by atoms with E-state index in [0.717, 1.165) is 0 Å². The molecule has 0 aliphatic carbocycles. The minimum absolute atomic E-state index is 0.548. The molecule has 0 aliphatic heterocycles. The molecule has 0 saturated heterocycles. The molecule has 0 aromatic heterocycles. The van der Waals surface area contributed by atoms with Crippen LogP contribution in [0.5, 0.6) is 0 Å². The van der Waals surface area contributed by atoms with Crippen molar-refractivity contribution in [3.8, 4) is 0 Å². The van der Waals surface area contributed by atoms with Gasteiger partial charge in [-0.1, -0.05) is 0 Å². The fourth-order valence-corrected chi connectivity index (χ4v) is 4.45. The molecule has 0 nitrogen and oxygen atoms in total. The van der Waals surface area contributed by atoms with Gasteiger partial charge in [0.25, 0.3) is 0 Å². The average Bonchev–Trinajstić information content (AvgIpc) is 2.29. The molecule has 88 valence electrons. The van der Waals surface area contributed by atoms with Crippen molar-refractivity contribution in [2.75, 3.05) is 0 Å². The van der Waals surface area contributed by atoms with Crippen LogP contribution in [0.15, 0.2) is 42.5 Å². The first-order valence-corrected chi connectivity index (χ1v) is 7.98. The standard InChI is InChI=1S/C16H18Se/c1-12-9-13(2)16(14(3)10-12)11-17-15-7-5-4-6-8-15/h4-10H,11H2,1-3H3. The van der Waals surface area contributed by atoms with Gasteiger partial charge in [0.15, 0.2) is 0 Å². The Kier molecular flexibility index (Phi) is 4.04. The van der Waals surface area contributed by atoms with E-state index in [4.69, 9.17) is 0 Å². The van der Waals surface area contributed by atoms with Crippen molar-refractivity contribution in [3.63, 3.8) is 0 Å². The molecule has 2 rings (SSSR count). The van der Waals surface area contributed by atoms with Crippen LogP contribution in [0.2, 0.25) is 0 Å². The predicted molar refractivity (Wildman–Crippen MR) is 76.2 cm³/mol. The summed E-state index contributed by atoms with van der Waals surface area (Å²) in [7, 11) is 0. The molecule has 0 heterocycles. The van der Waals surface area contributed by atoms with Gasteiger partial charge in [0.05, 0.1) is 0 Å². The zero-order valence-electron chi connectivity index (χ0n) is 10.7. The van der Waals surface area contributed by atoms with E-state index in [-0.39, 0.29) is 0 Å². The summed E-state index contributed by atoms with van der Waals surface area (Å²) in [4.78, 5) is 0. The van der Waals surface area contributed by atoms with Gasteiger partial charge in [-0.25, -0.2) is 0 Å². The van der Waals surface area contributed by atoms with Gasteiger partial charge in [0, 0.05) is 0 Å². The predicted octanol–water partition coefficient (Wildman–Crippen LogP) is 3.14. The second-order valence-electron chi connectivity index (χ2n) is 4.48. The van der Waals surface area contributed by atoms with Gasteiger partial charge in [-0.2, -0.15) is 0 Å². The molecule has 1 heteroatoms. The Labute approximate surface area is 110 Å². The topological polar surface area (TPSA) is 0 Å². The maximum absolute atomic E-state index is 2.30. The van der Waals surface area contributed by atoms with Gasteiger partial charge in [0.1, 0.15) is 0 Å². The third-order valence-corrected chi connectivity index (χ3v) is 5.15. The van der Waals surface area contributed by atoms with Crippen LogP contribution in [-0.2, 0) is 5.32 Å². The number of rotatable bonds is 3. The van der Waals surface area contributed by atoms with Gasteiger partial charge in [-0.15, -0.1) is 0 Å². The van der Waals surface area contributed by atoms with E-state index in [2.05, 4.69) is 63.2 Å². The molecule has 0 amide bonds. The molecule has 2 aromatic rings.